The van der Waals surface area contributed by atoms with Gasteiger partial charge in [0, 0.05) is 31.4 Å². The second-order valence-electron chi connectivity index (χ2n) is 6.12. The molecule has 0 bridgehead atoms. The fourth-order valence-corrected chi connectivity index (χ4v) is 3.23. The molecule has 128 valence electrons. The minimum Gasteiger partial charge on any atom is -0.332 e. The van der Waals surface area contributed by atoms with Crippen molar-refractivity contribution in [2.24, 2.45) is 7.05 Å². The first-order valence-electron chi connectivity index (χ1n) is 7.75. The van der Waals surface area contributed by atoms with E-state index in [1.807, 2.05) is 31.3 Å². The van der Waals surface area contributed by atoms with Gasteiger partial charge in [-0.2, -0.15) is 18.3 Å². The van der Waals surface area contributed by atoms with E-state index in [4.69, 9.17) is 0 Å². The first-order valence-corrected chi connectivity index (χ1v) is 7.75. The summed E-state index contributed by atoms with van der Waals surface area (Å²) in [5.41, 5.74) is 3.89. The van der Waals surface area contributed by atoms with Crippen molar-refractivity contribution in [3.63, 3.8) is 0 Å². The minimum atomic E-state index is -4.83. The fourth-order valence-electron chi connectivity index (χ4n) is 3.23. The first-order chi connectivity index (χ1) is 11.3. The molecule has 1 atom stereocenters. The lowest BCUT2D eigenvalue weighted by Crippen LogP contribution is -2.46. The Morgan fingerprint density at radius 1 is 1.25 bits per heavy atom. The minimum absolute atomic E-state index is 0.0708. The number of alkyl halides is 3. The van der Waals surface area contributed by atoms with Gasteiger partial charge >= 0.3 is 12.1 Å². The maximum absolute atomic E-state index is 12.8. The van der Waals surface area contributed by atoms with Gasteiger partial charge in [0.25, 0.3) is 0 Å². The molecule has 4 nitrogen and oxygen atoms in total. The fraction of sp³-hybridized carbons (Fsp3) is 0.412. The summed E-state index contributed by atoms with van der Waals surface area (Å²) in [7, 11) is 1.84. The van der Waals surface area contributed by atoms with Gasteiger partial charge in [-0.1, -0.05) is 12.1 Å². The number of fused-ring (bicyclic) bond motifs is 1. The zero-order valence-corrected chi connectivity index (χ0v) is 13.5. The summed E-state index contributed by atoms with van der Waals surface area (Å²) >= 11 is 0. The Morgan fingerprint density at radius 2 is 2.00 bits per heavy atom. The van der Waals surface area contributed by atoms with Crippen LogP contribution in [0, 0.1) is 0 Å². The van der Waals surface area contributed by atoms with Crippen molar-refractivity contribution in [1.82, 2.24) is 14.7 Å². The van der Waals surface area contributed by atoms with E-state index < -0.39 is 18.1 Å². The predicted molar refractivity (Wildman–Crippen MR) is 83.3 cm³/mol. The van der Waals surface area contributed by atoms with E-state index in [0.717, 1.165) is 27.3 Å². The van der Waals surface area contributed by atoms with E-state index in [2.05, 4.69) is 5.10 Å². The van der Waals surface area contributed by atoms with Crippen LogP contribution in [0.3, 0.4) is 0 Å². The molecule has 0 saturated carbocycles. The topological polar surface area (TPSA) is 38.1 Å². The van der Waals surface area contributed by atoms with Gasteiger partial charge in [0.1, 0.15) is 0 Å². The lowest BCUT2D eigenvalue weighted by atomic mass is 9.97. The summed E-state index contributed by atoms with van der Waals surface area (Å²) in [6.07, 6.45) is -2.30. The van der Waals surface area contributed by atoms with Crippen molar-refractivity contribution in [2.45, 2.75) is 32.0 Å². The third-order valence-electron chi connectivity index (χ3n) is 4.50. The van der Waals surface area contributed by atoms with E-state index >= 15 is 0 Å². The van der Waals surface area contributed by atoms with E-state index in [1.54, 1.807) is 17.8 Å². The van der Waals surface area contributed by atoms with Crippen LogP contribution in [0.15, 0.2) is 30.5 Å². The Labute approximate surface area is 137 Å². The van der Waals surface area contributed by atoms with Gasteiger partial charge in [-0.25, -0.2) is 0 Å². The summed E-state index contributed by atoms with van der Waals surface area (Å²) in [6.45, 7) is 1.73. The van der Waals surface area contributed by atoms with Crippen molar-refractivity contribution in [3.8, 4) is 11.3 Å². The smallest absolute Gasteiger partial charge is 0.332 e. The van der Waals surface area contributed by atoms with Crippen LogP contribution in [0.4, 0.5) is 13.2 Å². The summed E-state index contributed by atoms with van der Waals surface area (Å²) in [4.78, 5) is 12.6. The second-order valence-corrected chi connectivity index (χ2v) is 6.12. The van der Waals surface area contributed by atoms with Crippen molar-refractivity contribution in [3.05, 3.63) is 41.6 Å². The van der Waals surface area contributed by atoms with E-state index in [1.165, 1.54) is 0 Å². The highest BCUT2D eigenvalue weighted by Gasteiger charge is 2.44. The van der Waals surface area contributed by atoms with Gasteiger partial charge in [-0.3, -0.25) is 9.48 Å². The Bertz CT molecular complexity index is 767. The zero-order valence-electron chi connectivity index (χ0n) is 13.5. The molecule has 1 aliphatic heterocycles. The van der Waals surface area contributed by atoms with Gasteiger partial charge in [0.2, 0.25) is 0 Å². The maximum Gasteiger partial charge on any atom is 0.471 e. The van der Waals surface area contributed by atoms with E-state index in [9.17, 15) is 18.0 Å². The van der Waals surface area contributed by atoms with Gasteiger partial charge in [-0.05, 0) is 43.0 Å². The Balaban J connectivity index is 1.89. The van der Waals surface area contributed by atoms with Gasteiger partial charge in [0.15, 0.2) is 0 Å². The third kappa shape index (κ3) is 3.02. The first kappa shape index (κ1) is 16.5. The van der Waals surface area contributed by atoms with E-state index in [-0.39, 0.29) is 6.54 Å². The number of rotatable bonds is 1. The lowest BCUT2D eigenvalue weighted by molar-refractivity contribution is -0.187. The number of hydrogen-bond acceptors (Lipinski definition) is 2. The van der Waals surface area contributed by atoms with Crippen molar-refractivity contribution < 1.29 is 18.0 Å². The largest absolute Gasteiger partial charge is 0.471 e. The number of benzene rings is 1. The lowest BCUT2D eigenvalue weighted by Gasteiger charge is -2.27. The highest BCUT2D eigenvalue weighted by molar-refractivity contribution is 5.82. The monoisotopic (exact) mass is 337 g/mol. The summed E-state index contributed by atoms with van der Waals surface area (Å²) < 4.78 is 40.0. The number of nitrogens with zero attached hydrogens (tertiary/aromatic N) is 3. The molecule has 0 fully saturated rings. The molecule has 0 N–H and O–H groups in total. The van der Waals surface area contributed by atoms with E-state index in [0.29, 0.717) is 12.8 Å². The highest BCUT2D eigenvalue weighted by Crippen LogP contribution is 2.28. The molecule has 1 unspecified atom stereocenters. The summed E-state index contributed by atoms with van der Waals surface area (Å²) in [5.74, 6) is -1.75. The number of carbonyl (C=O) groups is 1. The van der Waals surface area contributed by atoms with Crippen molar-refractivity contribution in [2.75, 3.05) is 6.54 Å². The average Bonchev–Trinajstić information content (AvgIpc) is 2.86. The number of aromatic nitrogens is 2. The Morgan fingerprint density at radius 3 is 2.62 bits per heavy atom. The van der Waals surface area contributed by atoms with Crippen molar-refractivity contribution >= 4 is 5.91 Å². The maximum atomic E-state index is 12.8. The van der Waals surface area contributed by atoms with Gasteiger partial charge < -0.3 is 4.90 Å². The molecule has 1 amide bonds. The average molecular weight is 337 g/mol. The normalized spacial score (nSPS) is 18.2. The number of carbonyl (C=O) groups excluding carboxylic acids is 1. The van der Waals surface area contributed by atoms with Crippen LogP contribution in [0.5, 0.6) is 0 Å². The number of hydrogen-bond donors (Lipinski definition) is 0. The molecular formula is C17H18F3N3O. The van der Waals surface area contributed by atoms with Crippen LogP contribution >= 0.6 is 0 Å². The summed E-state index contributed by atoms with van der Waals surface area (Å²) in [6, 6.07) is 7.28. The van der Waals surface area contributed by atoms with Crippen molar-refractivity contribution in [1.29, 1.82) is 0 Å². The number of aryl methyl sites for hydroxylation is 1. The number of amides is 1. The molecule has 7 heteroatoms. The van der Waals surface area contributed by atoms with Crippen LogP contribution in [-0.2, 0) is 24.7 Å². The number of halogens is 3. The molecule has 0 radical (unpaired) electrons. The molecule has 3 rings (SSSR count). The van der Waals surface area contributed by atoms with Gasteiger partial charge in [-0.15, -0.1) is 0 Å². The quantitative estimate of drug-likeness (QED) is 0.802. The molecule has 1 aliphatic rings. The van der Waals surface area contributed by atoms with Crippen LogP contribution in [0.2, 0.25) is 0 Å². The van der Waals surface area contributed by atoms with Crippen LogP contribution < -0.4 is 0 Å². The third-order valence-corrected chi connectivity index (χ3v) is 4.50. The predicted octanol–water partition coefficient (Wildman–Crippen LogP) is 2.97. The van der Waals surface area contributed by atoms with Crippen LogP contribution in [0.25, 0.3) is 11.3 Å². The Hall–Kier alpha value is -2.31. The molecule has 2 aromatic rings. The standard InChI is InChI=1S/C17H18F3N3O/c1-11-9-12-3-4-14(15-5-7-21-22(15)2)10-13(12)6-8-23(11)16(24)17(18,19)20/h3-5,7,10-11H,6,8-9H2,1-2H3. The molecule has 1 aromatic heterocycles. The molecule has 1 aromatic carbocycles. The molecule has 0 spiro atoms. The highest BCUT2D eigenvalue weighted by atomic mass is 19.4. The zero-order chi connectivity index (χ0) is 17.5. The summed E-state index contributed by atoms with van der Waals surface area (Å²) in [5, 5.41) is 4.14. The molecule has 24 heavy (non-hydrogen) atoms. The second kappa shape index (κ2) is 5.96. The molecule has 2 heterocycles. The molecule has 0 aliphatic carbocycles. The molecular weight excluding hydrogens is 319 g/mol. The SMILES string of the molecule is CC1Cc2ccc(-c3ccnn3C)cc2CCN1C(=O)C(F)(F)F. The van der Waals surface area contributed by atoms with Crippen LogP contribution in [-0.4, -0.2) is 39.4 Å². The van der Waals surface area contributed by atoms with Crippen LogP contribution in [0.1, 0.15) is 18.1 Å². The molecule has 0 saturated heterocycles. The van der Waals surface area contributed by atoms with Gasteiger partial charge in [0.05, 0.1) is 5.69 Å². The Kier molecular flexibility index (Phi) is 4.11.